The van der Waals surface area contributed by atoms with E-state index < -0.39 is 17.7 Å². The molecule has 0 bridgehead atoms. The van der Waals surface area contributed by atoms with E-state index in [1.54, 1.807) is 0 Å². The van der Waals surface area contributed by atoms with Crippen LogP contribution in [-0.4, -0.2) is 41.6 Å². The molecule has 3 aromatic carbocycles. The number of carbonyl (C=O) groups is 2. The monoisotopic (exact) mass is 595 g/mol. The Balaban J connectivity index is 1.38. The molecule has 0 saturated heterocycles. The van der Waals surface area contributed by atoms with Crippen molar-refractivity contribution in [2.24, 2.45) is 5.73 Å². The molecular formula is C36H45N5O3. The van der Waals surface area contributed by atoms with Crippen LogP contribution in [0.3, 0.4) is 0 Å². The Hall–Kier alpha value is -4.17. The number of fused-ring (bicyclic) bond motifs is 2. The van der Waals surface area contributed by atoms with Crippen molar-refractivity contribution in [1.29, 1.82) is 5.41 Å². The van der Waals surface area contributed by atoms with Crippen LogP contribution >= 0.6 is 0 Å². The molecule has 1 saturated carbocycles. The van der Waals surface area contributed by atoms with Gasteiger partial charge in [-0.2, -0.15) is 0 Å². The first kappa shape index (κ1) is 31.3. The molecular weight excluding hydrogens is 550 g/mol. The number of benzene rings is 3. The number of nitrogen functional groups attached to an aromatic ring is 1. The molecule has 0 radical (unpaired) electrons. The number of nitrogens with one attached hydrogen (secondary N) is 4. The second-order valence-electron chi connectivity index (χ2n) is 13.0. The summed E-state index contributed by atoms with van der Waals surface area (Å²) in [6.07, 6.45) is 7.53. The average Bonchev–Trinajstić information content (AvgIpc) is 3.19. The van der Waals surface area contributed by atoms with E-state index >= 15 is 0 Å². The van der Waals surface area contributed by atoms with Gasteiger partial charge in [0.15, 0.2) is 0 Å². The first-order valence-electron chi connectivity index (χ1n) is 15.7. The number of nitrogens with two attached hydrogens (primary N) is 1. The maximum Gasteiger partial charge on any atom is 0.407 e. The fourth-order valence-electron chi connectivity index (χ4n) is 6.35. The highest BCUT2D eigenvalue weighted by Gasteiger charge is 2.29. The van der Waals surface area contributed by atoms with E-state index in [0.29, 0.717) is 12.1 Å². The van der Waals surface area contributed by atoms with E-state index in [2.05, 4.69) is 52.4 Å². The summed E-state index contributed by atoms with van der Waals surface area (Å²) in [5.74, 6) is -0.000542. The summed E-state index contributed by atoms with van der Waals surface area (Å²) in [5, 5.41) is 22.3. The number of rotatable bonds is 8. The minimum Gasteiger partial charge on any atom is -0.444 e. The maximum absolute atomic E-state index is 14.2. The van der Waals surface area contributed by atoms with E-state index in [0.717, 1.165) is 66.5 Å². The summed E-state index contributed by atoms with van der Waals surface area (Å²) in [4.78, 5) is 26.4. The highest BCUT2D eigenvalue weighted by Crippen LogP contribution is 2.23. The number of carbonyl (C=O) groups excluding carboxylic acids is 2. The highest BCUT2D eigenvalue weighted by molar-refractivity contribution is 5.95. The predicted octanol–water partition coefficient (Wildman–Crippen LogP) is 4.35. The summed E-state index contributed by atoms with van der Waals surface area (Å²) >= 11 is 0. The molecule has 0 heterocycles. The third-order valence-corrected chi connectivity index (χ3v) is 8.50. The Morgan fingerprint density at radius 1 is 0.977 bits per heavy atom. The van der Waals surface area contributed by atoms with Crippen LogP contribution in [0.1, 0.15) is 76.8 Å². The smallest absolute Gasteiger partial charge is 0.407 e. The number of amidine groups is 1. The van der Waals surface area contributed by atoms with Crippen LogP contribution in [0.15, 0.2) is 60.7 Å². The van der Waals surface area contributed by atoms with Crippen molar-refractivity contribution in [2.45, 2.75) is 96.0 Å². The first-order chi connectivity index (χ1) is 21.1. The molecule has 8 nitrogen and oxygen atoms in total. The summed E-state index contributed by atoms with van der Waals surface area (Å²) in [7, 11) is 0. The van der Waals surface area contributed by atoms with Gasteiger partial charge >= 0.3 is 6.09 Å². The molecule has 3 aromatic rings. The van der Waals surface area contributed by atoms with Gasteiger partial charge in [-0.25, -0.2) is 4.79 Å². The zero-order valence-corrected chi connectivity index (χ0v) is 26.0. The van der Waals surface area contributed by atoms with Crippen LogP contribution in [0, 0.1) is 5.41 Å². The number of alkyl carbamates (subject to hydrolysis) is 1. The van der Waals surface area contributed by atoms with Crippen LogP contribution in [0.25, 0.3) is 22.4 Å². The Labute approximate surface area is 259 Å². The Bertz CT molecular complexity index is 1640. The molecule has 2 amide bonds. The highest BCUT2D eigenvalue weighted by atomic mass is 16.6. The fourth-order valence-corrected chi connectivity index (χ4v) is 6.35. The van der Waals surface area contributed by atoms with Crippen LogP contribution in [-0.2, 0) is 16.1 Å². The Kier molecular flexibility index (Phi) is 9.69. The van der Waals surface area contributed by atoms with E-state index in [9.17, 15) is 9.59 Å². The average molecular weight is 596 g/mol. The number of hydrogen-bond donors (Lipinski definition) is 5. The quantitative estimate of drug-likeness (QED) is 0.195. The molecule has 2 aliphatic rings. The lowest BCUT2D eigenvalue weighted by Crippen LogP contribution is -2.52. The van der Waals surface area contributed by atoms with Gasteiger partial charge < -0.3 is 21.1 Å². The molecule has 1 fully saturated rings. The van der Waals surface area contributed by atoms with Crippen LogP contribution in [0.4, 0.5) is 4.79 Å². The van der Waals surface area contributed by atoms with Crippen molar-refractivity contribution in [2.75, 3.05) is 0 Å². The lowest BCUT2D eigenvalue weighted by molar-refractivity contribution is -0.122. The zero-order valence-electron chi connectivity index (χ0n) is 26.0. The van der Waals surface area contributed by atoms with Crippen molar-refractivity contribution < 1.29 is 14.3 Å². The SMILES string of the molecule is CC(C)(C)OC(=O)NC1CCC(NC(=O)C(NCc2cccc3ccccc23)C2=c3ccc(C(=N)N)cc3=CCCC2)CC1. The molecule has 0 aromatic heterocycles. The van der Waals surface area contributed by atoms with Gasteiger partial charge in [0.05, 0.1) is 0 Å². The molecule has 6 N–H and O–H groups in total. The van der Waals surface area contributed by atoms with Gasteiger partial charge in [0.2, 0.25) is 5.91 Å². The molecule has 2 aliphatic carbocycles. The van der Waals surface area contributed by atoms with Crippen LogP contribution in [0.5, 0.6) is 0 Å². The van der Waals surface area contributed by atoms with Crippen LogP contribution < -0.4 is 32.1 Å². The topological polar surface area (TPSA) is 129 Å². The normalized spacial score (nSPS) is 19.2. The number of amides is 2. The third-order valence-electron chi connectivity index (χ3n) is 8.50. The van der Waals surface area contributed by atoms with Crippen molar-refractivity contribution in [3.8, 4) is 0 Å². The second-order valence-corrected chi connectivity index (χ2v) is 13.0. The molecule has 44 heavy (non-hydrogen) atoms. The van der Waals surface area contributed by atoms with Crippen LogP contribution in [0.2, 0.25) is 0 Å². The zero-order chi connectivity index (χ0) is 31.3. The molecule has 5 rings (SSSR count). The summed E-state index contributed by atoms with van der Waals surface area (Å²) < 4.78 is 5.43. The first-order valence-corrected chi connectivity index (χ1v) is 15.7. The predicted molar refractivity (Wildman–Crippen MR) is 177 cm³/mol. The van der Waals surface area contributed by atoms with E-state index in [-0.39, 0.29) is 23.8 Å². The van der Waals surface area contributed by atoms with E-state index in [4.69, 9.17) is 15.9 Å². The van der Waals surface area contributed by atoms with Gasteiger partial charge in [0.25, 0.3) is 0 Å². The summed E-state index contributed by atoms with van der Waals surface area (Å²) in [5.41, 5.74) is 8.15. The third kappa shape index (κ3) is 7.85. The summed E-state index contributed by atoms with van der Waals surface area (Å²) in [6.45, 7) is 6.11. The minimum absolute atomic E-state index is 0.0264. The van der Waals surface area contributed by atoms with Gasteiger partial charge in [-0.3, -0.25) is 15.5 Å². The largest absolute Gasteiger partial charge is 0.444 e. The van der Waals surface area contributed by atoms with Gasteiger partial charge in [0, 0.05) is 24.2 Å². The van der Waals surface area contributed by atoms with Gasteiger partial charge in [-0.15, -0.1) is 0 Å². The molecule has 8 heteroatoms. The fraction of sp³-hybridized carbons (Fsp3) is 0.417. The van der Waals surface area contributed by atoms with Crippen molar-refractivity contribution in [3.05, 3.63) is 82.2 Å². The van der Waals surface area contributed by atoms with Crippen molar-refractivity contribution >= 4 is 40.3 Å². The van der Waals surface area contributed by atoms with Gasteiger partial charge in [-0.05, 0) is 104 Å². The van der Waals surface area contributed by atoms with Gasteiger partial charge in [0.1, 0.15) is 17.5 Å². The second kappa shape index (κ2) is 13.6. The van der Waals surface area contributed by atoms with E-state index in [1.807, 2.05) is 51.1 Å². The molecule has 0 aliphatic heterocycles. The minimum atomic E-state index is -0.539. The lowest BCUT2D eigenvalue weighted by Gasteiger charge is -2.32. The van der Waals surface area contributed by atoms with E-state index in [1.165, 1.54) is 10.8 Å². The Morgan fingerprint density at radius 2 is 1.68 bits per heavy atom. The van der Waals surface area contributed by atoms with Crippen molar-refractivity contribution in [1.82, 2.24) is 16.0 Å². The Morgan fingerprint density at radius 3 is 2.41 bits per heavy atom. The maximum atomic E-state index is 14.2. The summed E-state index contributed by atoms with van der Waals surface area (Å²) in [6, 6.07) is 20.0. The number of ether oxygens (including phenoxy) is 1. The standard InChI is InChI=1S/C36H45N5O3/c1-36(2,3)44-35(43)41-28-18-16-27(17-19-28)40-34(42)32(39-22-26-12-8-11-23-9-4-6-13-29(23)26)31-14-7-5-10-24-21-25(33(37)38)15-20-30(24)31/h4,6,8-13,15,20-21,27-28,32,39H,5,7,14,16-19,22H2,1-3H3,(H3,37,38)(H,40,42)(H,41,43). The molecule has 1 unspecified atom stereocenters. The molecule has 0 spiro atoms. The molecule has 232 valence electrons. The molecule has 1 atom stereocenters. The number of hydrogen-bond acceptors (Lipinski definition) is 5. The lowest BCUT2D eigenvalue weighted by atomic mass is 9.90. The van der Waals surface area contributed by atoms with Gasteiger partial charge in [-0.1, -0.05) is 60.7 Å². The van der Waals surface area contributed by atoms with Crippen molar-refractivity contribution in [3.63, 3.8) is 0 Å².